The first-order valence-corrected chi connectivity index (χ1v) is 8.42. The summed E-state index contributed by atoms with van der Waals surface area (Å²) in [5.41, 5.74) is 5.37. The van der Waals surface area contributed by atoms with Crippen LogP contribution in [0, 0.1) is 0 Å². The molecule has 1 aromatic heterocycles. The third-order valence-electron chi connectivity index (χ3n) is 2.59. The minimum absolute atomic E-state index is 0.0106. The SMILES string of the molecule is CC1(CNS(=O)(=O)c2nnc(N)s2)CCCS1. The van der Waals surface area contributed by atoms with Crippen LogP contribution in [0.1, 0.15) is 19.8 Å². The molecule has 6 nitrogen and oxygen atoms in total. The van der Waals surface area contributed by atoms with Crippen LogP contribution in [-0.4, -0.2) is 35.7 Å². The maximum Gasteiger partial charge on any atom is 0.269 e. The van der Waals surface area contributed by atoms with Crippen molar-refractivity contribution in [3.8, 4) is 0 Å². The summed E-state index contributed by atoms with van der Waals surface area (Å²) >= 11 is 2.68. The fraction of sp³-hybridized carbons (Fsp3) is 0.750. The van der Waals surface area contributed by atoms with Gasteiger partial charge in [0.2, 0.25) is 9.47 Å². The van der Waals surface area contributed by atoms with Gasteiger partial charge >= 0.3 is 0 Å². The first-order chi connectivity index (χ1) is 7.91. The Labute approximate surface area is 108 Å². The van der Waals surface area contributed by atoms with Gasteiger partial charge in [0, 0.05) is 11.3 Å². The van der Waals surface area contributed by atoms with E-state index in [0.717, 1.165) is 29.9 Å². The smallest absolute Gasteiger partial charge is 0.269 e. The normalized spacial score (nSPS) is 25.2. The molecule has 0 aromatic carbocycles. The van der Waals surface area contributed by atoms with E-state index in [4.69, 9.17) is 5.73 Å². The van der Waals surface area contributed by atoms with Crippen LogP contribution < -0.4 is 10.5 Å². The molecule has 1 saturated heterocycles. The van der Waals surface area contributed by atoms with Gasteiger partial charge in [0.1, 0.15) is 0 Å². The molecule has 0 saturated carbocycles. The Morgan fingerprint density at radius 3 is 2.82 bits per heavy atom. The molecule has 0 spiro atoms. The molecule has 1 aliphatic heterocycles. The Balaban J connectivity index is 2.03. The molecule has 0 aliphatic carbocycles. The third kappa shape index (κ3) is 3.09. The summed E-state index contributed by atoms with van der Waals surface area (Å²) in [6.07, 6.45) is 2.16. The van der Waals surface area contributed by atoms with Crippen LogP contribution >= 0.6 is 23.1 Å². The van der Waals surface area contributed by atoms with Gasteiger partial charge in [-0.2, -0.15) is 11.8 Å². The van der Waals surface area contributed by atoms with Crippen LogP contribution in [0.5, 0.6) is 0 Å². The molecule has 1 unspecified atom stereocenters. The standard InChI is InChI=1S/C8H14N4O2S3/c1-8(3-2-4-15-8)5-10-17(13,14)7-12-11-6(9)16-7/h10H,2-5H2,1H3,(H2,9,11). The van der Waals surface area contributed by atoms with E-state index in [1.807, 2.05) is 0 Å². The maximum absolute atomic E-state index is 11.9. The lowest BCUT2D eigenvalue weighted by molar-refractivity contribution is 0.551. The largest absolute Gasteiger partial charge is 0.374 e. The van der Waals surface area contributed by atoms with E-state index in [1.165, 1.54) is 0 Å². The number of nitrogens with one attached hydrogen (secondary N) is 1. The number of aromatic nitrogens is 2. The molecular weight excluding hydrogens is 280 g/mol. The van der Waals surface area contributed by atoms with Gasteiger partial charge in [0.15, 0.2) is 0 Å². The van der Waals surface area contributed by atoms with Crippen molar-refractivity contribution >= 4 is 38.3 Å². The summed E-state index contributed by atoms with van der Waals surface area (Å²) in [5, 5.41) is 7.20. The summed E-state index contributed by atoms with van der Waals surface area (Å²) in [5.74, 6) is 1.09. The molecule has 2 rings (SSSR count). The van der Waals surface area contributed by atoms with Crippen molar-refractivity contribution in [2.24, 2.45) is 0 Å². The van der Waals surface area contributed by atoms with E-state index < -0.39 is 10.0 Å². The van der Waals surface area contributed by atoms with E-state index in [1.54, 1.807) is 11.8 Å². The predicted molar refractivity (Wildman–Crippen MR) is 69.6 cm³/mol. The highest BCUT2D eigenvalue weighted by atomic mass is 32.2. The zero-order valence-corrected chi connectivity index (χ0v) is 11.8. The van der Waals surface area contributed by atoms with Gasteiger partial charge in [-0.1, -0.05) is 11.3 Å². The third-order valence-corrected chi connectivity index (χ3v) is 6.65. The van der Waals surface area contributed by atoms with Gasteiger partial charge in [-0.05, 0) is 25.5 Å². The van der Waals surface area contributed by atoms with Crippen LogP contribution in [0.15, 0.2) is 4.34 Å². The minimum atomic E-state index is -3.56. The average Bonchev–Trinajstić information content (AvgIpc) is 2.86. The van der Waals surface area contributed by atoms with Crippen molar-refractivity contribution in [2.75, 3.05) is 18.0 Å². The van der Waals surface area contributed by atoms with E-state index in [2.05, 4.69) is 21.8 Å². The van der Waals surface area contributed by atoms with Crippen LogP contribution in [-0.2, 0) is 10.0 Å². The van der Waals surface area contributed by atoms with Crippen molar-refractivity contribution in [3.63, 3.8) is 0 Å². The fourth-order valence-corrected chi connectivity index (χ4v) is 4.94. The van der Waals surface area contributed by atoms with Crippen molar-refractivity contribution in [2.45, 2.75) is 28.9 Å². The number of hydrogen-bond donors (Lipinski definition) is 2. The van der Waals surface area contributed by atoms with Gasteiger partial charge < -0.3 is 5.73 Å². The van der Waals surface area contributed by atoms with Gasteiger partial charge in [-0.15, -0.1) is 10.2 Å². The minimum Gasteiger partial charge on any atom is -0.374 e. The van der Waals surface area contributed by atoms with E-state index in [-0.39, 0.29) is 14.2 Å². The Kier molecular flexibility index (Phi) is 3.62. The summed E-state index contributed by atoms with van der Waals surface area (Å²) in [7, 11) is -3.56. The molecule has 9 heteroatoms. The Morgan fingerprint density at radius 2 is 2.29 bits per heavy atom. The number of nitrogens with zero attached hydrogens (tertiary/aromatic N) is 2. The molecule has 1 atom stereocenters. The lowest BCUT2D eigenvalue weighted by Gasteiger charge is -2.22. The zero-order valence-electron chi connectivity index (χ0n) is 9.34. The fourth-order valence-electron chi connectivity index (χ4n) is 1.61. The molecule has 1 aliphatic rings. The second-order valence-electron chi connectivity index (χ2n) is 4.13. The van der Waals surface area contributed by atoms with Gasteiger partial charge in [0.05, 0.1) is 0 Å². The highest BCUT2D eigenvalue weighted by Gasteiger charge is 2.31. The van der Waals surface area contributed by atoms with Crippen LogP contribution in [0.2, 0.25) is 0 Å². The summed E-state index contributed by atoms with van der Waals surface area (Å²) < 4.78 is 26.2. The Bertz CT molecular complexity index is 493. The number of nitrogens with two attached hydrogens (primary N) is 1. The quantitative estimate of drug-likeness (QED) is 0.847. The summed E-state index contributed by atoms with van der Waals surface area (Å²) in [6, 6.07) is 0. The van der Waals surface area contributed by atoms with Crippen molar-refractivity contribution in [1.82, 2.24) is 14.9 Å². The lowest BCUT2D eigenvalue weighted by Crippen LogP contribution is -2.36. The van der Waals surface area contributed by atoms with Crippen molar-refractivity contribution in [3.05, 3.63) is 0 Å². The second-order valence-corrected chi connectivity index (χ2v) is 8.76. The number of thioether (sulfide) groups is 1. The Morgan fingerprint density at radius 1 is 1.53 bits per heavy atom. The van der Waals surface area contributed by atoms with Crippen LogP contribution in [0.3, 0.4) is 0 Å². The monoisotopic (exact) mass is 294 g/mol. The number of sulfonamides is 1. The Hall–Kier alpha value is -0.380. The molecule has 2 heterocycles. The highest BCUT2D eigenvalue weighted by molar-refractivity contribution is 8.01. The van der Waals surface area contributed by atoms with E-state index in [0.29, 0.717) is 6.54 Å². The zero-order chi connectivity index (χ0) is 12.5. The summed E-state index contributed by atoms with van der Waals surface area (Å²) in [6.45, 7) is 2.49. The van der Waals surface area contributed by atoms with E-state index in [9.17, 15) is 8.42 Å². The van der Waals surface area contributed by atoms with E-state index >= 15 is 0 Å². The molecule has 96 valence electrons. The van der Waals surface area contributed by atoms with Gasteiger partial charge in [0.25, 0.3) is 10.0 Å². The molecular formula is C8H14N4O2S3. The lowest BCUT2D eigenvalue weighted by atomic mass is 10.1. The number of nitrogen functional groups attached to an aromatic ring is 1. The van der Waals surface area contributed by atoms with Crippen LogP contribution in [0.25, 0.3) is 0 Å². The molecule has 0 bridgehead atoms. The molecule has 0 amide bonds. The van der Waals surface area contributed by atoms with Gasteiger partial charge in [-0.3, -0.25) is 0 Å². The first-order valence-electron chi connectivity index (χ1n) is 5.14. The van der Waals surface area contributed by atoms with Gasteiger partial charge in [-0.25, -0.2) is 13.1 Å². The maximum atomic E-state index is 11.9. The second kappa shape index (κ2) is 4.71. The predicted octanol–water partition coefficient (Wildman–Crippen LogP) is 0.684. The first kappa shape index (κ1) is 13.1. The molecule has 0 radical (unpaired) electrons. The topological polar surface area (TPSA) is 98.0 Å². The molecule has 1 aromatic rings. The summed E-state index contributed by atoms with van der Waals surface area (Å²) in [4.78, 5) is 0. The molecule has 17 heavy (non-hydrogen) atoms. The number of hydrogen-bond acceptors (Lipinski definition) is 7. The number of anilines is 1. The van der Waals surface area contributed by atoms with Crippen LogP contribution in [0.4, 0.5) is 5.13 Å². The van der Waals surface area contributed by atoms with Crippen molar-refractivity contribution in [1.29, 1.82) is 0 Å². The average molecular weight is 294 g/mol. The van der Waals surface area contributed by atoms with Crippen molar-refractivity contribution < 1.29 is 8.42 Å². The molecule has 3 N–H and O–H groups in total. The number of rotatable bonds is 4. The highest BCUT2D eigenvalue weighted by Crippen LogP contribution is 2.37. The molecule has 1 fully saturated rings.